The molecular formula is C17H21N3OS. The maximum Gasteiger partial charge on any atom is 0.141 e. The van der Waals surface area contributed by atoms with Gasteiger partial charge in [-0.2, -0.15) is 0 Å². The average Bonchev–Trinajstić information content (AvgIpc) is 3.19. The van der Waals surface area contributed by atoms with Gasteiger partial charge >= 0.3 is 0 Å². The summed E-state index contributed by atoms with van der Waals surface area (Å²) in [6.45, 7) is 2.15. The van der Waals surface area contributed by atoms with Crippen molar-refractivity contribution in [1.82, 2.24) is 4.90 Å². The number of amidine groups is 1. The molecule has 0 bridgehead atoms. The molecule has 0 radical (unpaired) electrons. The molecule has 4 nitrogen and oxygen atoms in total. The first-order valence-corrected chi connectivity index (χ1v) is 8.46. The Balaban J connectivity index is 1.74. The molecule has 5 heteroatoms. The maximum atomic E-state index is 9.41. The fourth-order valence-electron chi connectivity index (χ4n) is 2.89. The van der Waals surface area contributed by atoms with Gasteiger partial charge in [0.05, 0.1) is 17.2 Å². The van der Waals surface area contributed by atoms with Crippen LogP contribution in [0.4, 0.5) is 5.69 Å². The van der Waals surface area contributed by atoms with Gasteiger partial charge in [0.2, 0.25) is 0 Å². The number of aliphatic hydroxyl groups is 1. The zero-order valence-corrected chi connectivity index (χ0v) is 13.3. The second kappa shape index (κ2) is 7.05. The van der Waals surface area contributed by atoms with Crippen molar-refractivity contribution >= 4 is 22.9 Å². The van der Waals surface area contributed by atoms with Crippen molar-refractivity contribution < 1.29 is 5.11 Å². The van der Waals surface area contributed by atoms with Gasteiger partial charge in [-0.25, -0.2) is 4.99 Å². The molecule has 0 spiro atoms. The van der Waals surface area contributed by atoms with Gasteiger partial charge < -0.3 is 10.8 Å². The van der Waals surface area contributed by atoms with Gasteiger partial charge in [0.15, 0.2) is 0 Å². The summed E-state index contributed by atoms with van der Waals surface area (Å²) in [5, 5.41) is 11.4. The number of aliphatic imine (C=N–C) groups is 1. The lowest BCUT2D eigenvalue weighted by Crippen LogP contribution is -2.31. The standard InChI is InChI=1S/C17H21N3OS/c18-17(16-7-3-9-22-16)19-14-5-1-4-13(10-14)11-20-8-2-6-15(20)12-21/h1,3-5,7,9-10,15,21H,2,6,8,11-12H2,(H2,18,19)/t15-/m0/s1. The lowest BCUT2D eigenvalue weighted by molar-refractivity contribution is 0.153. The van der Waals surface area contributed by atoms with E-state index in [1.165, 1.54) is 5.56 Å². The first-order chi connectivity index (χ1) is 10.8. The highest BCUT2D eigenvalue weighted by molar-refractivity contribution is 7.12. The summed E-state index contributed by atoms with van der Waals surface area (Å²) in [6.07, 6.45) is 2.24. The highest BCUT2D eigenvalue weighted by atomic mass is 32.1. The number of aliphatic hydroxyl groups excluding tert-OH is 1. The van der Waals surface area contributed by atoms with E-state index in [4.69, 9.17) is 5.73 Å². The highest BCUT2D eigenvalue weighted by Crippen LogP contribution is 2.22. The van der Waals surface area contributed by atoms with Crippen LogP contribution in [-0.4, -0.2) is 35.0 Å². The van der Waals surface area contributed by atoms with Gasteiger partial charge in [0, 0.05) is 12.6 Å². The topological polar surface area (TPSA) is 61.8 Å². The summed E-state index contributed by atoms with van der Waals surface area (Å²) >= 11 is 1.59. The first kappa shape index (κ1) is 15.2. The van der Waals surface area contributed by atoms with Crippen LogP contribution in [0.5, 0.6) is 0 Å². The molecule has 1 atom stereocenters. The fourth-order valence-corrected chi connectivity index (χ4v) is 3.51. The van der Waals surface area contributed by atoms with E-state index in [0.29, 0.717) is 11.9 Å². The second-order valence-electron chi connectivity index (χ2n) is 5.59. The number of likely N-dealkylation sites (tertiary alicyclic amines) is 1. The Morgan fingerprint density at radius 1 is 1.36 bits per heavy atom. The van der Waals surface area contributed by atoms with Crippen molar-refractivity contribution in [3.05, 3.63) is 52.2 Å². The van der Waals surface area contributed by atoms with Gasteiger partial charge in [0.25, 0.3) is 0 Å². The van der Waals surface area contributed by atoms with Crippen LogP contribution in [0.15, 0.2) is 46.8 Å². The van der Waals surface area contributed by atoms with E-state index in [0.717, 1.165) is 36.5 Å². The van der Waals surface area contributed by atoms with Crippen LogP contribution in [0, 0.1) is 0 Å². The number of hydrogen-bond donors (Lipinski definition) is 2. The Morgan fingerprint density at radius 3 is 3.05 bits per heavy atom. The van der Waals surface area contributed by atoms with Gasteiger partial charge in [-0.15, -0.1) is 11.3 Å². The molecule has 2 aromatic rings. The lowest BCUT2D eigenvalue weighted by Gasteiger charge is -2.22. The fraction of sp³-hybridized carbons (Fsp3) is 0.353. The summed E-state index contributed by atoms with van der Waals surface area (Å²) in [7, 11) is 0. The monoisotopic (exact) mass is 315 g/mol. The third kappa shape index (κ3) is 3.55. The molecule has 22 heavy (non-hydrogen) atoms. The van der Waals surface area contributed by atoms with Crippen LogP contribution >= 0.6 is 11.3 Å². The molecule has 2 heterocycles. The van der Waals surface area contributed by atoms with E-state index in [2.05, 4.69) is 22.0 Å². The SMILES string of the molecule is NC(=Nc1cccc(CN2CCC[C@H]2CO)c1)c1cccs1. The lowest BCUT2D eigenvalue weighted by atomic mass is 10.1. The number of thiophene rings is 1. The van der Waals surface area contributed by atoms with E-state index >= 15 is 0 Å². The van der Waals surface area contributed by atoms with Crippen molar-refractivity contribution in [2.45, 2.75) is 25.4 Å². The molecule has 0 amide bonds. The van der Waals surface area contributed by atoms with Crippen molar-refractivity contribution in [3.63, 3.8) is 0 Å². The molecule has 1 aromatic carbocycles. The number of hydrogen-bond acceptors (Lipinski definition) is 4. The van der Waals surface area contributed by atoms with Crippen molar-refractivity contribution in [2.75, 3.05) is 13.2 Å². The number of nitrogens with two attached hydrogens (primary N) is 1. The van der Waals surface area contributed by atoms with Crippen molar-refractivity contribution in [2.24, 2.45) is 10.7 Å². The molecule has 0 saturated carbocycles. The van der Waals surface area contributed by atoms with E-state index in [1.807, 2.05) is 29.6 Å². The summed E-state index contributed by atoms with van der Waals surface area (Å²) in [4.78, 5) is 7.84. The van der Waals surface area contributed by atoms with Crippen LogP contribution in [-0.2, 0) is 6.54 Å². The van der Waals surface area contributed by atoms with Crippen molar-refractivity contribution in [1.29, 1.82) is 0 Å². The quantitative estimate of drug-likeness (QED) is 0.659. The molecule has 1 aliphatic heterocycles. The van der Waals surface area contributed by atoms with E-state index in [-0.39, 0.29) is 6.61 Å². The summed E-state index contributed by atoms with van der Waals surface area (Å²) in [5.41, 5.74) is 8.13. The molecular weight excluding hydrogens is 294 g/mol. The maximum absolute atomic E-state index is 9.41. The van der Waals surface area contributed by atoms with Gasteiger partial charge in [-0.1, -0.05) is 18.2 Å². The Hall–Kier alpha value is -1.69. The second-order valence-corrected chi connectivity index (χ2v) is 6.54. The molecule has 0 unspecified atom stereocenters. The normalized spacial score (nSPS) is 19.7. The van der Waals surface area contributed by atoms with E-state index < -0.39 is 0 Å². The number of nitrogens with zero attached hydrogens (tertiary/aromatic N) is 2. The van der Waals surface area contributed by atoms with Gasteiger partial charge in [0.1, 0.15) is 5.84 Å². The Bertz CT molecular complexity index is 639. The summed E-state index contributed by atoms with van der Waals surface area (Å²) in [5.74, 6) is 0.557. The largest absolute Gasteiger partial charge is 0.395 e. The van der Waals surface area contributed by atoms with Crippen LogP contribution in [0.3, 0.4) is 0 Å². The molecule has 3 N–H and O–H groups in total. The third-order valence-electron chi connectivity index (χ3n) is 4.03. The molecule has 116 valence electrons. The molecule has 1 aromatic heterocycles. The van der Waals surface area contributed by atoms with Crippen molar-refractivity contribution in [3.8, 4) is 0 Å². The minimum Gasteiger partial charge on any atom is -0.395 e. The minimum atomic E-state index is 0.239. The summed E-state index contributed by atoms with van der Waals surface area (Å²) in [6, 6.07) is 12.4. The van der Waals surface area contributed by atoms with Crippen LogP contribution in [0.25, 0.3) is 0 Å². The smallest absolute Gasteiger partial charge is 0.141 e. The zero-order chi connectivity index (χ0) is 15.4. The molecule has 1 saturated heterocycles. The minimum absolute atomic E-state index is 0.239. The Kier molecular flexibility index (Phi) is 4.87. The van der Waals surface area contributed by atoms with Crippen LogP contribution in [0.2, 0.25) is 0 Å². The predicted molar refractivity (Wildman–Crippen MR) is 91.7 cm³/mol. The molecule has 1 fully saturated rings. The average molecular weight is 315 g/mol. The predicted octanol–water partition coefficient (Wildman–Crippen LogP) is 2.74. The van der Waals surface area contributed by atoms with E-state index in [9.17, 15) is 5.11 Å². The van der Waals surface area contributed by atoms with Gasteiger partial charge in [-0.05, 0) is 48.5 Å². The molecule has 1 aliphatic rings. The molecule has 3 rings (SSSR count). The van der Waals surface area contributed by atoms with Crippen LogP contribution < -0.4 is 5.73 Å². The Morgan fingerprint density at radius 2 is 2.27 bits per heavy atom. The number of benzene rings is 1. The number of rotatable bonds is 5. The highest BCUT2D eigenvalue weighted by Gasteiger charge is 2.23. The van der Waals surface area contributed by atoms with E-state index in [1.54, 1.807) is 11.3 Å². The molecule has 0 aliphatic carbocycles. The summed E-state index contributed by atoms with van der Waals surface area (Å²) < 4.78 is 0. The Labute approximate surface area is 134 Å². The van der Waals surface area contributed by atoms with Gasteiger partial charge in [-0.3, -0.25) is 4.90 Å². The zero-order valence-electron chi connectivity index (χ0n) is 12.5. The van der Waals surface area contributed by atoms with Crippen LogP contribution in [0.1, 0.15) is 23.3 Å². The first-order valence-electron chi connectivity index (χ1n) is 7.58. The third-order valence-corrected chi connectivity index (χ3v) is 4.92.